The van der Waals surface area contributed by atoms with Crippen molar-refractivity contribution in [1.29, 1.82) is 0 Å². The van der Waals surface area contributed by atoms with Gasteiger partial charge in [0.05, 0.1) is 17.5 Å². The molecule has 0 aromatic rings. The molecule has 170 valence electrons. The molecule has 12 atom stereocenters. The van der Waals surface area contributed by atoms with Crippen LogP contribution in [0.1, 0.15) is 91.9 Å². The predicted octanol–water partition coefficient (Wildman–Crippen LogP) is 7.20. The minimum Gasteiger partial charge on any atom is -0.348 e. The van der Waals surface area contributed by atoms with Crippen molar-refractivity contribution in [3.05, 3.63) is 0 Å². The fraction of sp³-hybridized carbons (Fsp3) is 1.00. The summed E-state index contributed by atoms with van der Waals surface area (Å²) in [5, 5.41) is 0. The van der Waals surface area contributed by atoms with Crippen LogP contribution in [0.3, 0.4) is 0 Å². The number of ether oxygens (including phenoxy) is 2. The normalized spacial score (nSPS) is 62.5. The summed E-state index contributed by atoms with van der Waals surface area (Å²) in [5.41, 5.74) is 1.09. The summed E-state index contributed by atoms with van der Waals surface area (Å²) in [4.78, 5) is 0.337. The standard InChI is InChI=1S/C27H43BrO2/c1-16-13-23(28)27(29-15-16)17(2)24-22(30-27)14-21-19-9-8-18-7-5-6-11-25(18,3)20(19)10-12-26(21,24)4/h16-24H,5-15H2,1-4H3. The molecule has 3 heteroatoms. The molecular formula is C27H43BrO2. The molecule has 2 aliphatic heterocycles. The van der Waals surface area contributed by atoms with E-state index in [1.54, 1.807) is 0 Å². The third-order valence-electron chi connectivity index (χ3n) is 11.8. The van der Waals surface area contributed by atoms with Crippen molar-refractivity contribution in [2.24, 2.45) is 52.3 Å². The van der Waals surface area contributed by atoms with Crippen LogP contribution < -0.4 is 0 Å². The zero-order valence-electron chi connectivity index (χ0n) is 19.7. The van der Waals surface area contributed by atoms with E-state index in [9.17, 15) is 0 Å². The summed E-state index contributed by atoms with van der Waals surface area (Å²) in [6, 6.07) is 0. The Balaban J connectivity index is 1.28. The maximum Gasteiger partial charge on any atom is 0.184 e. The van der Waals surface area contributed by atoms with Crippen LogP contribution in [0.15, 0.2) is 0 Å². The smallest absolute Gasteiger partial charge is 0.184 e. The van der Waals surface area contributed by atoms with Crippen LogP contribution in [0.5, 0.6) is 0 Å². The van der Waals surface area contributed by atoms with Gasteiger partial charge in [0, 0.05) is 5.92 Å². The van der Waals surface area contributed by atoms with Crippen molar-refractivity contribution in [3.8, 4) is 0 Å². The van der Waals surface area contributed by atoms with E-state index in [-0.39, 0.29) is 5.79 Å². The molecule has 2 heterocycles. The summed E-state index contributed by atoms with van der Waals surface area (Å²) in [5.74, 6) is 5.24. The Morgan fingerprint density at radius 2 is 1.70 bits per heavy atom. The van der Waals surface area contributed by atoms with Crippen LogP contribution >= 0.6 is 15.9 Å². The summed E-state index contributed by atoms with van der Waals surface area (Å²) in [6.45, 7) is 11.0. The van der Waals surface area contributed by atoms with Crippen molar-refractivity contribution in [3.63, 3.8) is 0 Å². The van der Waals surface area contributed by atoms with E-state index in [1.165, 1.54) is 64.2 Å². The zero-order valence-corrected chi connectivity index (χ0v) is 21.3. The van der Waals surface area contributed by atoms with Gasteiger partial charge in [0.15, 0.2) is 5.79 Å². The van der Waals surface area contributed by atoms with E-state index in [4.69, 9.17) is 9.47 Å². The molecule has 0 bridgehead atoms. The topological polar surface area (TPSA) is 18.5 Å². The van der Waals surface area contributed by atoms with Crippen molar-refractivity contribution >= 4 is 15.9 Å². The van der Waals surface area contributed by atoms with Gasteiger partial charge in [-0.1, -0.05) is 56.5 Å². The fourth-order valence-electron chi connectivity index (χ4n) is 10.4. The Morgan fingerprint density at radius 1 is 0.867 bits per heavy atom. The summed E-state index contributed by atoms with van der Waals surface area (Å²) in [7, 11) is 0. The highest BCUT2D eigenvalue weighted by molar-refractivity contribution is 9.09. The number of alkyl halides is 1. The molecule has 6 aliphatic rings. The number of hydrogen-bond acceptors (Lipinski definition) is 2. The Labute approximate surface area is 192 Å². The lowest BCUT2D eigenvalue weighted by atomic mass is 9.44. The maximum atomic E-state index is 6.99. The van der Waals surface area contributed by atoms with E-state index < -0.39 is 0 Å². The minimum atomic E-state index is -0.375. The first-order chi connectivity index (χ1) is 14.3. The van der Waals surface area contributed by atoms with Crippen LogP contribution in [0.4, 0.5) is 0 Å². The molecule has 0 radical (unpaired) electrons. The predicted molar refractivity (Wildman–Crippen MR) is 124 cm³/mol. The third kappa shape index (κ3) is 2.61. The Morgan fingerprint density at radius 3 is 2.50 bits per heavy atom. The Bertz CT molecular complexity index is 696. The first-order valence-corrected chi connectivity index (χ1v) is 14.2. The number of hydrogen-bond donors (Lipinski definition) is 0. The average Bonchev–Trinajstić information content (AvgIpc) is 3.16. The molecule has 30 heavy (non-hydrogen) atoms. The zero-order chi connectivity index (χ0) is 20.9. The van der Waals surface area contributed by atoms with Crippen molar-refractivity contribution < 1.29 is 9.47 Å². The van der Waals surface area contributed by atoms with E-state index in [2.05, 4.69) is 43.6 Å². The van der Waals surface area contributed by atoms with Gasteiger partial charge in [0.2, 0.25) is 0 Å². The third-order valence-corrected chi connectivity index (χ3v) is 12.8. The molecule has 0 aromatic carbocycles. The largest absolute Gasteiger partial charge is 0.348 e. The maximum absolute atomic E-state index is 6.99. The SMILES string of the molecule is CC1COC2(OC3CC4C5CCC6CCCCC6(C)C5CCC4(C)C3C2C)C(Br)C1. The first kappa shape index (κ1) is 21.0. The average molecular weight is 480 g/mol. The van der Waals surface area contributed by atoms with Gasteiger partial charge >= 0.3 is 0 Å². The number of fused-ring (bicyclic) bond motifs is 7. The number of halogens is 1. The van der Waals surface area contributed by atoms with Gasteiger partial charge in [-0.25, -0.2) is 0 Å². The van der Waals surface area contributed by atoms with E-state index in [0.717, 1.165) is 30.3 Å². The Hall–Kier alpha value is 0.400. The minimum absolute atomic E-state index is 0.337. The molecule has 2 nitrogen and oxygen atoms in total. The molecule has 4 saturated carbocycles. The summed E-state index contributed by atoms with van der Waals surface area (Å²) in [6.07, 6.45) is 14.8. The molecule has 12 unspecified atom stereocenters. The van der Waals surface area contributed by atoms with Gasteiger partial charge < -0.3 is 9.47 Å². The van der Waals surface area contributed by atoms with Crippen molar-refractivity contribution in [1.82, 2.24) is 0 Å². The molecule has 6 rings (SSSR count). The highest BCUT2D eigenvalue weighted by Crippen LogP contribution is 2.71. The second-order valence-corrected chi connectivity index (χ2v) is 14.1. The molecule has 1 spiro atoms. The van der Waals surface area contributed by atoms with E-state index >= 15 is 0 Å². The summed E-state index contributed by atoms with van der Waals surface area (Å²) < 4.78 is 13.5. The van der Waals surface area contributed by atoms with Gasteiger partial charge in [0.25, 0.3) is 0 Å². The van der Waals surface area contributed by atoms with Crippen LogP contribution in [-0.2, 0) is 9.47 Å². The van der Waals surface area contributed by atoms with Gasteiger partial charge in [-0.05, 0) is 97.7 Å². The van der Waals surface area contributed by atoms with Crippen LogP contribution in [0.2, 0.25) is 0 Å². The van der Waals surface area contributed by atoms with Crippen LogP contribution in [0.25, 0.3) is 0 Å². The highest BCUT2D eigenvalue weighted by atomic mass is 79.9. The molecule has 0 amide bonds. The fourth-order valence-corrected chi connectivity index (χ4v) is 11.7. The highest BCUT2D eigenvalue weighted by Gasteiger charge is 2.70. The quantitative estimate of drug-likeness (QED) is 0.342. The van der Waals surface area contributed by atoms with E-state index in [1.807, 2.05) is 0 Å². The van der Waals surface area contributed by atoms with Gasteiger partial charge in [-0.3, -0.25) is 0 Å². The van der Waals surface area contributed by atoms with Crippen molar-refractivity contribution in [2.75, 3.05) is 6.61 Å². The number of rotatable bonds is 0. The van der Waals surface area contributed by atoms with Crippen molar-refractivity contribution in [2.45, 2.75) is 109 Å². The molecule has 0 N–H and O–H groups in total. The lowest BCUT2D eigenvalue weighted by Crippen LogP contribution is -2.56. The Kier molecular flexibility index (Phi) is 4.86. The first-order valence-electron chi connectivity index (χ1n) is 13.3. The van der Waals surface area contributed by atoms with Crippen LogP contribution in [0, 0.1) is 52.3 Å². The monoisotopic (exact) mass is 478 g/mol. The molecule has 0 aromatic heterocycles. The second-order valence-electron chi connectivity index (χ2n) is 13.0. The molecule has 4 aliphatic carbocycles. The lowest BCUT2D eigenvalue weighted by Gasteiger charge is -2.61. The van der Waals surface area contributed by atoms with Gasteiger partial charge in [-0.15, -0.1) is 0 Å². The molecular weight excluding hydrogens is 436 g/mol. The molecule has 6 fully saturated rings. The van der Waals surface area contributed by atoms with Crippen LogP contribution in [-0.4, -0.2) is 23.3 Å². The van der Waals surface area contributed by atoms with Gasteiger partial charge in [-0.2, -0.15) is 0 Å². The van der Waals surface area contributed by atoms with E-state index in [0.29, 0.717) is 39.5 Å². The second kappa shape index (κ2) is 6.95. The van der Waals surface area contributed by atoms with Gasteiger partial charge in [0.1, 0.15) is 0 Å². The molecule has 2 saturated heterocycles. The summed E-state index contributed by atoms with van der Waals surface area (Å²) >= 11 is 4.02. The lowest BCUT2D eigenvalue weighted by molar-refractivity contribution is -0.267.